The third kappa shape index (κ3) is 5.00. The summed E-state index contributed by atoms with van der Waals surface area (Å²) >= 11 is 0. The Hall–Kier alpha value is -1.59. The Morgan fingerprint density at radius 3 is 2.86 bits per heavy atom. The smallest absolute Gasteiger partial charge is 0.237 e. The molecule has 2 N–H and O–H groups in total. The molecule has 0 spiro atoms. The van der Waals surface area contributed by atoms with E-state index in [1.807, 2.05) is 38.1 Å². The fourth-order valence-corrected chi connectivity index (χ4v) is 2.63. The number of likely N-dealkylation sites (tertiary alicyclic amines) is 1. The van der Waals surface area contributed by atoms with Crippen molar-refractivity contribution in [2.24, 2.45) is 0 Å². The Bertz CT molecular complexity index is 485. The second-order valence-corrected chi connectivity index (χ2v) is 5.90. The standard InChI is InChI=1S/C17H26N2O3/c1-13-4-3-5-16(12-13)22-11-8-18-17(21)14(2)19-9-6-15(20)7-10-19/h3-5,12,14-15,20H,6-11H2,1-2H3,(H,18,21). The van der Waals surface area contributed by atoms with Gasteiger partial charge in [0, 0.05) is 13.1 Å². The Morgan fingerprint density at radius 1 is 1.45 bits per heavy atom. The molecule has 0 radical (unpaired) electrons. The minimum Gasteiger partial charge on any atom is -0.492 e. The van der Waals surface area contributed by atoms with Gasteiger partial charge in [-0.25, -0.2) is 0 Å². The number of hydrogen-bond donors (Lipinski definition) is 2. The van der Waals surface area contributed by atoms with Crippen LogP contribution in [0.4, 0.5) is 0 Å². The van der Waals surface area contributed by atoms with E-state index in [-0.39, 0.29) is 18.1 Å². The Balaban J connectivity index is 1.67. The summed E-state index contributed by atoms with van der Waals surface area (Å²) in [5.41, 5.74) is 1.16. The SMILES string of the molecule is Cc1cccc(OCCNC(=O)C(C)N2CCC(O)CC2)c1. The minimum atomic E-state index is -0.214. The lowest BCUT2D eigenvalue weighted by molar-refractivity contribution is -0.126. The number of nitrogens with one attached hydrogen (secondary N) is 1. The number of hydrogen-bond acceptors (Lipinski definition) is 4. The van der Waals surface area contributed by atoms with Crippen LogP contribution in [0.25, 0.3) is 0 Å². The van der Waals surface area contributed by atoms with E-state index >= 15 is 0 Å². The summed E-state index contributed by atoms with van der Waals surface area (Å²) < 4.78 is 5.62. The largest absolute Gasteiger partial charge is 0.492 e. The Kier molecular flexibility index (Phi) is 6.21. The quantitative estimate of drug-likeness (QED) is 0.779. The second kappa shape index (κ2) is 8.15. The van der Waals surface area contributed by atoms with Gasteiger partial charge in [-0.05, 0) is 44.4 Å². The second-order valence-electron chi connectivity index (χ2n) is 5.90. The number of piperidine rings is 1. The first kappa shape index (κ1) is 16.8. The van der Waals surface area contributed by atoms with Crippen molar-refractivity contribution in [2.45, 2.75) is 38.8 Å². The van der Waals surface area contributed by atoms with Gasteiger partial charge >= 0.3 is 0 Å². The van der Waals surface area contributed by atoms with E-state index in [4.69, 9.17) is 4.74 Å². The van der Waals surface area contributed by atoms with Gasteiger partial charge in [0.25, 0.3) is 0 Å². The topological polar surface area (TPSA) is 61.8 Å². The van der Waals surface area contributed by atoms with E-state index in [1.165, 1.54) is 0 Å². The average molecular weight is 306 g/mol. The van der Waals surface area contributed by atoms with Crippen molar-refractivity contribution in [1.82, 2.24) is 10.2 Å². The van der Waals surface area contributed by atoms with Gasteiger partial charge in [0.05, 0.1) is 18.7 Å². The van der Waals surface area contributed by atoms with Gasteiger partial charge < -0.3 is 15.2 Å². The summed E-state index contributed by atoms with van der Waals surface area (Å²) in [4.78, 5) is 14.2. The number of rotatable bonds is 6. The number of amides is 1. The molecular weight excluding hydrogens is 280 g/mol. The van der Waals surface area contributed by atoms with E-state index < -0.39 is 0 Å². The summed E-state index contributed by atoms with van der Waals surface area (Å²) in [7, 11) is 0. The van der Waals surface area contributed by atoms with Gasteiger partial charge in [-0.1, -0.05) is 12.1 Å². The van der Waals surface area contributed by atoms with Crippen LogP contribution in [-0.2, 0) is 4.79 Å². The zero-order valence-electron chi connectivity index (χ0n) is 13.4. The number of aliphatic hydroxyl groups excluding tert-OH is 1. The molecule has 5 nitrogen and oxygen atoms in total. The molecule has 1 atom stereocenters. The fourth-order valence-electron chi connectivity index (χ4n) is 2.63. The molecule has 1 amide bonds. The first-order chi connectivity index (χ1) is 10.6. The van der Waals surface area contributed by atoms with Crippen LogP contribution in [0.1, 0.15) is 25.3 Å². The predicted molar refractivity (Wildman–Crippen MR) is 86.0 cm³/mol. The van der Waals surface area contributed by atoms with Crippen molar-refractivity contribution in [2.75, 3.05) is 26.2 Å². The zero-order chi connectivity index (χ0) is 15.9. The van der Waals surface area contributed by atoms with Gasteiger partial charge in [0.2, 0.25) is 5.91 Å². The molecule has 1 aliphatic heterocycles. The van der Waals surface area contributed by atoms with E-state index in [1.54, 1.807) is 0 Å². The van der Waals surface area contributed by atoms with Gasteiger partial charge in [-0.15, -0.1) is 0 Å². The van der Waals surface area contributed by atoms with Crippen molar-refractivity contribution in [3.05, 3.63) is 29.8 Å². The van der Waals surface area contributed by atoms with Crippen molar-refractivity contribution in [1.29, 1.82) is 0 Å². The summed E-state index contributed by atoms with van der Waals surface area (Å²) in [6.07, 6.45) is 1.27. The number of ether oxygens (including phenoxy) is 1. The normalized spacial score (nSPS) is 18.0. The number of carbonyl (C=O) groups excluding carboxylic acids is 1. The summed E-state index contributed by atoms with van der Waals surface area (Å²) in [6.45, 7) is 6.43. The number of aryl methyl sites for hydroxylation is 1. The molecule has 1 aromatic rings. The van der Waals surface area contributed by atoms with Crippen molar-refractivity contribution in [3.63, 3.8) is 0 Å². The maximum atomic E-state index is 12.1. The maximum absolute atomic E-state index is 12.1. The van der Waals surface area contributed by atoms with E-state index in [2.05, 4.69) is 10.2 Å². The van der Waals surface area contributed by atoms with Crippen LogP contribution in [0.3, 0.4) is 0 Å². The molecule has 2 rings (SSSR count). The molecule has 5 heteroatoms. The van der Waals surface area contributed by atoms with Crippen LogP contribution in [0.2, 0.25) is 0 Å². The van der Waals surface area contributed by atoms with Gasteiger partial charge in [-0.2, -0.15) is 0 Å². The molecule has 0 aromatic heterocycles. The Morgan fingerprint density at radius 2 is 2.18 bits per heavy atom. The van der Waals surface area contributed by atoms with Gasteiger partial charge in [0.1, 0.15) is 12.4 Å². The lowest BCUT2D eigenvalue weighted by Gasteiger charge is -2.33. The lowest BCUT2D eigenvalue weighted by atomic mass is 10.1. The van der Waals surface area contributed by atoms with Crippen molar-refractivity contribution in [3.8, 4) is 5.75 Å². The molecule has 0 bridgehead atoms. The van der Waals surface area contributed by atoms with Gasteiger partial charge in [0.15, 0.2) is 0 Å². The van der Waals surface area contributed by atoms with Crippen LogP contribution in [-0.4, -0.2) is 54.3 Å². The first-order valence-corrected chi connectivity index (χ1v) is 7.95. The fraction of sp³-hybridized carbons (Fsp3) is 0.588. The minimum absolute atomic E-state index is 0.0178. The van der Waals surface area contributed by atoms with Crippen LogP contribution >= 0.6 is 0 Å². The third-order valence-corrected chi connectivity index (χ3v) is 4.09. The molecule has 1 heterocycles. The lowest BCUT2D eigenvalue weighted by Crippen LogP contribution is -2.49. The highest BCUT2D eigenvalue weighted by Crippen LogP contribution is 2.13. The van der Waals surface area contributed by atoms with E-state index in [0.29, 0.717) is 13.2 Å². The third-order valence-electron chi connectivity index (χ3n) is 4.09. The number of nitrogens with zero attached hydrogens (tertiary/aromatic N) is 1. The highest BCUT2D eigenvalue weighted by atomic mass is 16.5. The summed E-state index contributed by atoms with van der Waals surface area (Å²) in [6, 6.07) is 7.70. The molecular formula is C17H26N2O3. The van der Waals surface area contributed by atoms with Crippen LogP contribution in [0.5, 0.6) is 5.75 Å². The highest BCUT2D eigenvalue weighted by Gasteiger charge is 2.25. The molecule has 1 aromatic carbocycles. The molecule has 122 valence electrons. The molecule has 1 saturated heterocycles. The van der Waals surface area contributed by atoms with Gasteiger partial charge in [-0.3, -0.25) is 9.69 Å². The van der Waals surface area contributed by atoms with E-state index in [9.17, 15) is 9.90 Å². The summed E-state index contributed by atoms with van der Waals surface area (Å²) in [5, 5.41) is 12.4. The highest BCUT2D eigenvalue weighted by molar-refractivity contribution is 5.81. The first-order valence-electron chi connectivity index (χ1n) is 7.95. The molecule has 0 saturated carbocycles. The monoisotopic (exact) mass is 306 g/mol. The zero-order valence-corrected chi connectivity index (χ0v) is 13.4. The number of carbonyl (C=O) groups is 1. The van der Waals surface area contributed by atoms with Crippen LogP contribution in [0.15, 0.2) is 24.3 Å². The van der Waals surface area contributed by atoms with Crippen LogP contribution in [0, 0.1) is 6.92 Å². The molecule has 1 fully saturated rings. The molecule has 1 aliphatic rings. The molecule has 1 unspecified atom stereocenters. The number of benzene rings is 1. The number of aliphatic hydroxyl groups is 1. The molecule has 0 aliphatic carbocycles. The Labute approximate surface area is 132 Å². The molecule has 22 heavy (non-hydrogen) atoms. The van der Waals surface area contributed by atoms with Crippen LogP contribution < -0.4 is 10.1 Å². The maximum Gasteiger partial charge on any atom is 0.237 e. The van der Waals surface area contributed by atoms with E-state index in [0.717, 1.165) is 37.2 Å². The van der Waals surface area contributed by atoms with Crippen molar-refractivity contribution >= 4 is 5.91 Å². The predicted octanol–water partition coefficient (Wildman–Crippen LogP) is 1.34. The summed E-state index contributed by atoms with van der Waals surface area (Å²) in [5.74, 6) is 0.844. The van der Waals surface area contributed by atoms with Crippen molar-refractivity contribution < 1.29 is 14.6 Å². The average Bonchev–Trinajstić information content (AvgIpc) is 2.51.